The second-order valence-electron chi connectivity index (χ2n) is 3.59. The fourth-order valence-electron chi connectivity index (χ4n) is 1.55. The zero-order chi connectivity index (χ0) is 10.9. The molecular weight excluding hydrogens is 214 g/mol. The molecule has 0 spiro atoms. The summed E-state index contributed by atoms with van der Waals surface area (Å²) in [6.45, 7) is 0.998. The summed E-state index contributed by atoms with van der Waals surface area (Å²) < 4.78 is 22.4. The van der Waals surface area contributed by atoms with Gasteiger partial charge in [-0.3, -0.25) is 0 Å². The summed E-state index contributed by atoms with van der Waals surface area (Å²) >= 11 is 0. The first-order valence-electron chi connectivity index (χ1n) is 4.74. The lowest BCUT2D eigenvalue weighted by Gasteiger charge is -2.27. The number of nitrogens with zero attached hydrogens (tertiary/aromatic N) is 2. The molecule has 0 atom stereocenters. The predicted octanol–water partition coefficient (Wildman–Crippen LogP) is -0.101. The van der Waals surface area contributed by atoms with Crippen LogP contribution in [-0.2, 0) is 9.84 Å². The summed E-state index contributed by atoms with van der Waals surface area (Å²) in [5.41, 5.74) is 6.28. The molecule has 1 aliphatic rings. The molecular formula is C9H13N3O2S. The second kappa shape index (κ2) is 3.69. The van der Waals surface area contributed by atoms with Crippen LogP contribution in [0.15, 0.2) is 18.3 Å². The van der Waals surface area contributed by atoms with Gasteiger partial charge in [0.2, 0.25) is 0 Å². The van der Waals surface area contributed by atoms with Crippen LogP contribution in [0.2, 0.25) is 0 Å². The summed E-state index contributed by atoms with van der Waals surface area (Å²) in [5, 5.41) is 0. The minimum atomic E-state index is -2.83. The van der Waals surface area contributed by atoms with Crippen LogP contribution in [-0.4, -0.2) is 38.0 Å². The maximum atomic E-state index is 11.2. The highest BCUT2D eigenvalue weighted by Crippen LogP contribution is 2.16. The molecule has 1 fully saturated rings. The van der Waals surface area contributed by atoms with Crippen molar-refractivity contribution >= 4 is 21.3 Å². The third kappa shape index (κ3) is 2.38. The van der Waals surface area contributed by atoms with Gasteiger partial charge in [0.1, 0.15) is 5.82 Å². The molecule has 2 N–H and O–H groups in total. The number of anilines is 2. The lowest BCUT2D eigenvalue weighted by molar-refractivity contribution is 0.586. The molecule has 1 aromatic heterocycles. The normalized spacial score (nSPS) is 20.1. The maximum absolute atomic E-state index is 11.2. The molecule has 0 bridgehead atoms. The van der Waals surface area contributed by atoms with E-state index in [1.54, 1.807) is 18.3 Å². The quantitative estimate of drug-likeness (QED) is 0.725. The minimum absolute atomic E-state index is 0.198. The molecule has 15 heavy (non-hydrogen) atoms. The Bertz CT molecular complexity index is 444. The van der Waals surface area contributed by atoms with Gasteiger partial charge in [0.25, 0.3) is 0 Å². The molecule has 2 rings (SSSR count). The Morgan fingerprint density at radius 1 is 1.33 bits per heavy atom. The Morgan fingerprint density at radius 2 is 2.00 bits per heavy atom. The molecule has 0 radical (unpaired) electrons. The van der Waals surface area contributed by atoms with E-state index in [-0.39, 0.29) is 11.5 Å². The molecule has 2 heterocycles. The van der Waals surface area contributed by atoms with Crippen LogP contribution in [0.3, 0.4) is 0 Å². The van der Waals surface area contributed by atoms with E-state index in [4.69, 9.17) is 5.73 Å². The number of sulfone groups is 1. The molecule has 1 aliphatic heterocycles. The van der Waals surface area contributed by atoms with Gasteiger partial charge in [0.15, 0.2) is 9.84 Å². The molecule has 0 amide bonds. The standard InChI is InChI=1S/C9H13N3O2S/c10-8-1-2-11-9(7-8)12-3-5-15(13,14)6-4-12/h1-2,7H,3-6H2,(H2,10,11). The SMILES string of the molecule is Nc1ccnc(N2CCS(=O)(=O)CC2)c1. The van der Waals surface area contributed by atoms with Gasteiger partial charge >= 0.3 is 0 Å². The first-order chi connectivity index (χ1) is 7.07. The van der Waals surface area contributed by atoms with Crippen molar-refractivity contribution in [1.82, 2.24) is 4.98 Å². The summed E-state index contributed by atoms with van der Waals surface area (Å²) in [6, 6.07) is 3.47. The summed E-state index contributed by atoms with van der Waals surface area (Å²) in [4.78, 5) is 6.10. The fraction of sp³-hybridized carbons (Fsp3) is 0.444. The first-order valence-corrected chi connectivity index (χ1v) is 6.56. The van der Waals surface area contributed by atoms with Crippen molar-refractivity contribution in [2.24, 2.45) is 0 Å². The Hall–Kier alpha value is -1.30. The van der Waals surface area contributed by atoms with Crippen molar-refractivity contribution in [3.8, 4) is 0 Å². The number of pyridine rings is 1. The van der Waals surface area contributed by atoms with Crippen LogP contribution >= 0.6 is 0 Å². The van der Waals surface area contributed by atoms with E-state index in [9.17, 15) is 8.42 Å². The van der Waals surface area contributed by atoms with Crippen molar-refractivity contribution in [1.29, 1.82) is 0 Å². The number of hydrogen-bond acceptors (Lipinski definition) is 5. The summed E-state index contributed by atoms with van der Waals surface area (Å²) in [5.74, 6) is 1.15. The van der Waals surface area contributed by atoms with Gasteiger partial charge in [-0.25, -0.2) is 13.4 Å². The number of nitrogen functional groups attached to an aromatic ring is 1. The summed E-state index contributed by atoms with van der Waals surface area (Å²) in [6.07, 6.45) is 1.63. The molecule has 5 nitrogen and oxygen atoms in total. The number of rotatable bonds is 1. The van der Waals surface area contributed by atoms with Gasteiger partial charge in [-0.1, -0.05) is 0 Å². The van der Waals surface area contributed by atoms with Crippen LogP contribution in [0.5, 0.6) is 0 Å². The number of aromatic nitrogens is 1. The Balaban J connectivity index is 2.14. The predicted molar refractivity (Wildman–Crippen MR) is 59.5 cm³/mol. The van der Waals surface area contributed by atoms with Crippen LogP contribution < -0.4 is 10.6 Å². The van der Waals surface area contributed by atoms with E-state index < -0.39 is 9.84 Å². The average molecular weight is 227 g/mol. The fourth-order valence-corrected chi connectivity index (χ4v) is 2.75. The van der Waals surface area contributed by atoms with Crippen molar-refractivity contribution in [2.75, 3.05) is 35.2 Å². The molecule has 0 aromatic carbocycles. The van der Waals surface area contributed by atoms with E-state index in [1.807, 2.05) is 4.90 Å². The largest absolute Gasteiger partial charge is 0.399 e. The highest BCUT2D eigenvalue weighted by Gasteiger charge is 2.22. The molecule has 0 aliphatic carbocycles. The van der Waals surface area contributed by atoms with E-state index in [0.29, 0.717) is 18.8 Å². The summed E-state index contributed by atoms with van der Waals surface area (Å²) in [7, 11) is -2.83. The lowest BCUT2D eigenvalue weighted by Crippen LogP contribution is -2.40. The van der Waals surface area contributed by atoms with Crippen LogP contribution in [0.25, 0.3) is 0 Å². The number of nitrogens with two attached hydrogens (primary N) is 1. The van der Waals surface area contributed by atoms with Crippen LogP contribution in [0, 0.1) is 0 Å². The Morgan fingerprint density at radius 3 is 2.60 bits per heavy atom. The van der Waals surface area contributed by atoms with E-state index in [0.717, 1.165) is 5.82 Å². The van der Waals surface area contributed by atoms with Gasteiger partial charge in [0.05, 0.1) is 11.5 Å². The highest BCUT2D eigenvalue weighted by atomic mass is 32.2. The zero-order valence-electron chi connectivity index (χ0n) is 8.26. The topological polar surface area (TPSA) is 76.3 Å². The maximum Gasteiger partial charge on any atom is 0.153 e. The smallest absolute Gasteiger partial charge is 0.153 e. The molecule has 82 valence electrons. The Labute approximate surface area is 88.8 Å². The highest BCUT2D eigenvalue weighted by molar-refractivity contribution is 7.91. The lowest BCUT2D eigenvalue weighted by atomic mass is 10.3. The van der Waals surface area contributed by atoms with Crippen molar-refractivity contribution < 1.29 is 8.42 Å². The number of hydrogen-bond donors (Lipinski definition) is 1. The first kappa shape index (κ1) is 10.2. The van der Waals surface area contributed by atoms with Crippen molar-refractivity contribution in [3.63, 3.8) is 0 Å². The van der Waals surface area contributed by atoms with Gasteiger partial charge in [0, 0.05) is 31.0 Å². The third-order valence-electron chi connectivity index (χ3n) is 2.44. The van der Waals surface area contributed by atoms with E-state index in [1.165, 1.54) is 0 Å². The van der Waals surface area contributed by atoms with Crippen molar-refractivity contribution in [2.45, 2.75) is 0 Å². The van der Waals surface area contributed by atoms with Gasteiger partial charge in [-0.05, 0) is 6.07 Å². The average Bonchev–Trinajstić information content (AvgIpc) is 2.17. The monoisotopic (exact) mass is 227 g/mol. The van der Waals surface area contributed by atoms with Crippen molar-refractivity contribution in [3.05, 3.63) is 18.3 Å². The van der Waals surface area contributed by atoms with E-state index in [2.05, 4.69) is 4.98 Å². The van der Waals surface area contributed by atoms with Crippen LogP contribution in [0.1, 0.15) is 0 Å². The Kier molecular flexibility index (Phi) is 2.52. The molecule has 1 aromatic rings. The van der Waals surface area contributed by atoms with Gasteiger partial charge < -0.3 is 10.6 Å². The molecule has 0 unspecified atom stereocenters. The van der Waals surface area contributed by atoms with Crippen LogP contribution in [0.4, 0.5) is 11.5 Å². The minimum Gasteiger partial charge on any atom is -0.399 e. The molecule has 6 heteroatoms. The van der Waals surface area contributed by atoms with Gasteiger partial charge in [-0.2, -0.15) is 0 Å². The van der Waals surface area contributed by atoms with Gasteiger partial charge in [-0.15, -0.1) is 0 Å². The zero-order valence-corrected chi connectivity index (χ0v) is 9.07. The molecule has 1 saturated heterocycles. The second-order valence-corrected chi connectivity index (χ2v) is 5.89. The van der Waals surface area contributed by atoms with E-state index >= 15 is 0 Å². The third-order valence-corrected chi connectivity index (χ3v) is 4.05. The molecule has 0 saturated carbocycles.